The van der Waals surface area contributed by atoms with Crippen molar-refractivity contribution in [1.29, 1.82) is 0 Å². The molecule has 9 nitrogen and oxygen atoms in total. The van der Waals surface area contributed by atoms with Crippen molar-refractivity contribution in [3.63, 3.8) is 0 Å². The molecule has 2 heterocycles. The number of benzene rings is 2. The monoisotopic (exact) mass is 390 g/mol. The van der Waals surface area contributed by atoms with Crippen LogP contribution in [-0.4, -0.2) is 30.2 Å². The summed E-state index contributed by atoms with van der Waals surface area (Å²) in [6.45, 7) is 4.50. The lowest BCUT2D eigenvalue weighted by Gasteiger charge is -2.10. The molecule has 2 aromatic carbocycles. The number of nitro groups is 1. The Hall–Kier alpha value is -4.01. The topological polar surface area (TPSA) is 108 Å². The number of carbonyl (C=O) groups excluding carboxylic acids is 1. The first-order valence-corrected chi connectivity index (χ1v) is 9.06. The quantitative estimate of drug-likeness (QED) is 0.413. The maximum Gasteiger partial charge on any atom is 0.270 e. The Morgan fingerprint density at radius 3 is 2.72 bits per heavy atom. The van der Waals surface area contributed by atoms with Crippen LogP contribution in [0.2, 0.25) is 0 Å². The fourth-order valence-corrected chi connectivity index (χ4v) is 3.23. The fourth-order valence-electron chi connectivity index (χ4n) is 3.23. The number of hydrogen-bond donors (Lipinski definition) is 1. The highest BCUT2D eigenvalue weighted by atomic mass is 16.6. The number of carbonyl (C=O) groups is 1. The first-order chi connectivity index (χ1) is 14.0. The Kier molecular flexibility index (Phi) is 4.55. The van der Waals surface area contributed by atoms with Crippen LogP contribution in [0.3, 0.4) is 0 Å². The fraction of sp³-hybridized carbons (Fsp3) is 0.150. The number of aromatic nitrogens is 4. The number of nitro benzene ring substituents is 1. The highest BCUT2D eigenvalue weighted by Gasteiger charge is 2.19. The number of imidazole rings is 1. The molecule has 1 N–H and O–H groups in total. The van der Waals surface area contributed by atoms with Crippen molar-refractivity contribution in [3.8, 4) is 5.95 Å². The van der Waals surface area contributed by atoms with Crippen LogP contribution < -0.4 is 5.32 Å². The van der Waals surface area contributed by atoms with E-state index < -0.39 is 10.8 Å². The molecule has 9 heteroatoms. The zero-order valence-electron chi connectivity index (χ0n) is 15.9. The number of fused-ring (bicyclic) bond motifs is 1. The summed E-state index contributed by atoms with van der Waals surface area (Å²) in [4.78, 5) is 27.8. The van der Waals surface area contributed by atoms with E-state index in [-0.39, 0.29) is 11.3 Å². The number of aryl methyl sites for hydroxylation is 2. The summed E-state index contributed by atoms with van der Waals surface area (Å²) in [6, 6.07) is 15.1. The van der Waals surface area contributed by atoms with Gasteiger partial charge in [-0.1, -0.05) is 18.2 Å². The van der Waals surface area contributed by atoms with Crippen LogP contribution >= 0.6 is 0 Å². The molecule has 0 aliphatic carbocycles. The third-order valence-corrected chi connectivity index (χ3v) is 4.53. The molecule has 1 amide bonds. The molecule has 0 fully saturated rings. The molecule has 0 radical (unpaired) electrons. The second-order valence-corrected chi connectivity index (χ2v) is 6.49. The lowest BCUT2D eigenvalue weighted by atomic mass is 10.2. The van der Waals surface area contributed by atoms with Gasteiger partial charge in [0.05, 0.1) is 21.7 Å². The van der Waals surface area contributed by atoms with Crippen LogP contribution in [0.15, 0.2) is 54.6 Å². The standard InChI is InChI=1S/C20H18N6O3/c1-3-24-17-10-5-4-9-16(17)21-20(24)25-18(11-13(2)23-25)22-19(27)14-7-6-8-15(12-14)26(28)29/h4-12H,3H2,1-2H3,(H,22,27). The highest BCUT2D eigenvalue weighted by molar-refractivity contribution is 6.04. The number of para-hydroxylation sites is 2. The van der Waals surface area contributed by atoms with E-state index in [1.807, 2.05) is 42.7 Å². The van der Waals surface area contributed by atoms with Crippen molar-refractivity contribution in [3.05, 3.63) is 76.0 Å². The van der Waals surface area contributed by atoms with E-state index in [1.165, 1.54) is 24.3 Å². The second kappa shape index (κ2) is 7.19. The lowest BCUT2D eigenvalue weighted by Crippen LogP contribution is -2.17. The van der Waals surface area contributed by atoms with Gasteiger partial charge in [-0.3, -0.25) is 14.9 Å². The maximum absolute atomic E-state index is 12.7. The van der Waals surface area contributed by atoms with E-state index in [9.17, 15) is 14.9 Å². The first-order valence-electron chi connectivity index (χ1n) is 9.06. The van der Waals surface area contributed by atoms with Gasteiger partial charge in [-0.25, -0.2) is 4.98 Å². The average molecular weight is 390 g/mol. The molecule has 4 rings (SSSR count). The van der Waals surface area contributed by atoms with Crippen molar-refractivity contribution in [1.82, 2.24) is 19.3 Å². The number of nitrogens with zero attached hydrogens (tertiary/aromatic N) is 5. The third-order valence-electron chi connectivity index (χ3n) is 4.53. The number of amides is 1. The largest absolute Gasteiger partial charge is 0.309 e. The predicted octanol–water partition coefficient (Wildman–Crippen LogP) is 3.71. The minimum atomic E-state index is -0.533. The molecular weight excluding hydrogens is 372 g/mol. The van der Waals surface area contributed by atoms with Crippen LogP contribution in [0.5, 0.6) is 0 Å². The molecule has 0 aliphatic rings. The molecule has 0 atom stereocenters. The summed E-state index contributed by atoms with van der Waals surface area (Å²) in [5, 5.41) is 18.3. The predicted molar refractivity (Wildman–Crippen MR) is 108 cm³/mol. The zero-order chi connectivity index (χ0) is 20.5. The smallest absolute Gasteiger partial charge is 0.270 e. The van der Waals surface area contributed by atoms with Crippen molar-refractivity contribution in [2.24, 2.45) is 0 Å². The molecule has 0 bridgehead atoms. The number of anilines is 1. The van der Waals surface area contributed by atoms with Gasteiger partial charge >= 0.3 is 0 Å². The van der Waals surface area contributed by atoms with Crippen molar-refractivity contribution >= 4 is 28.4 Å². The SMILES string of the molecule is CCn1c(-n2nc(C)cc2NC(=O)c2cccc([N+](=O)[O-])c2)nc2ccccc21. The molecule has 4 aromatic rings. The van der Waals surface area contributed by atoms with Gasteiger partial charge in [0.15, 0.2) is 0 Å². The average Bonchev–Trinajstić information content (AvgIpc) is 3.27. The molecule has 29 heavy (non-hydrogen) atoms. The number of non-ortho nitro benzene ring substituents is 1. The molecule has 0 spiro atoms. The van der Waals surface area contributed by atoms with E-state index in [4.69, 9.17) is 0 Å². The van der Waals surface area contributed by atoms with Gasteiger partial charge in [-0.15, -0.1) is 0 Å². The van der Waals surface area contributed by atoms with Crippen LogP contribution in [0.25, 0.3) is 17.0 Å². The minimum absolute atomic E-state index is 0.143. The van der Waals surface area contributed by atoms with E-state index in [2.05, 4.69) is 15.4 Å². The molecular formula is C20H18N6O3. The number of hydrogen-bond acceptors (Lipinski definition) is 5. The number of rotatable bonds is 5. The highest BCUT2D eigenvalue weighted by Crippen LogP contribution is 2.23. The normalized spacial score (nSPS) is 11.0. The molecule has 0 saturated carbocycles. The maximum atomic E-state index is 12.7. The summed E-state index contributed by atoms with van der Waals surface area (Å²) in [5.74, 6) is 0.550. The zero-order valence-corrected chi connectivity index (χ0v) is 15.9. The van der Waals surface area contributed by atoms with E-state index in [0.717, 1.165) is 11.0 Å². The minimum Gasteiger partial charge on any atom is -0.309 e. The van der Waals surface area contributed by atoms with Gasteiger partial charge in [0.25, 0.3) is 11.6 Å². The Balaban J connectivity index is 1.74. The van der Waals surface area contributed by atoms with Gasteiger partial charge in [-0.05, 0) is 32.0 Å². The van der Waals surface area contributed by atoms with Crippen molar-refractivity contribution in [2.45, 2.75) is 20.4 Å². The van der Waals surface area contributed by atoms with Gasteiger partial charge in [0, 0.05) is 30.3 Å². The summed E-state index contributed by atoms with van der Waals surface area (Å²) in [5.41, 5.74) is 2.54. The van der Waals surface area contributed by atoms with Crippen LogP contribution in [0.4, 0.5) is 11.5 Å². The van der Waals surface area contributed by atoms with Gasteiger partial charge in [-0.2, -0.15) is 9.78 Å². The van der Waals surface area contributed by atoms with Gasteiger partial charge in [0.1, 0.15) is 5.82 Å². The Labute approximate surface area is 165 Å². The lowest BCUT2D eigenvalue weighted by molar-refractivity contribution is -0.384. The summed E-state index contributed by atoms with van der Waals surface area (Å²) in [7, 11) is 0. The van der Waals surface area contributed by atoms with Gasteiger partial charge < -0.3 is 9.88 Å². The molecule has 0 saturated heterocycles. The Morgan fingerprint density at radius 2 is 1.97 bits per heavy atom. The van der Waals surface area contributed by atoms with Crippen molar-refractivity contribution in [2.75, 3.05) is 5.32 Å². The van der Waals surface area contributed by atoms with Crippen molar-refractivity contribution < 1.29 is 9.72 Å². The summed E-state index contributed by atoms with van der Waals surface area (Å²) < 4.78 is 3.58. The Morgan fingerprint density at radius 1 is 1.17 bits per heavy atom. The third kappa shape index (κ3) is 3.33. The molecule has 0 aliphatic heterocycles. The molecule has 146 valence electrons. The summed E-state index contributed by atoms with van der Waals surface area (Å²) >= 11 is 0. The molecule has 2 aromatic heterocycles. The van der Waals surface area contributed by atoms with Crippen LogP contribution in [0, 0.1) is 17.0 Å². The Bertz CT molecular complexity index is 1240. The first kappa shape index (κ1) is 18.4. The van der Waals surface area contributed by atoms with E-state index >= 15 is 0 Å². The van der Waals surface area contributed by atoms with Crippen LogP contribution in [0.1, 0.15) is 23.0 Å². The number of nitrogens with one attached hydrogen (secondary N) is 1. The molecule has 0 unspecified atom stereocenters. The second-order valence-electron chi connectivity index (χ2n) is 6.49. The summed E-state index contributed by atoms with van der Waals surface area (Å²) in [6.07, 6.45) is 0. The van der Waals surface area contributed by atoms with E-state index in [1.54, 1.807) is 10.7 Å². The van der Waals surface area contributed by atoms with E-state index in [0.29, 0.717) is 24.0 Å². The van der Waals surface area contributed by atoms with Gasteiger partial charge in [0.2, 0.25) is 5.95 Å². The van der Waals surface area contributed by atoms with Crippen LogP contribution in [-0.2, 0) is 6.54 Å².